The molecule has 1 atom stereocenters. The second kappa shape index (κ2) is 6.17. The van der Waals surface area contributed by atoms with E-state index in [2.05, 4.69) is 22.6 Å². The van der Waals surface area contributed by atoms with Crippen molar-refractivity contribution in [3.8, 4) is 0 Å². The van der Waals surface area contributed by atoms with Gasteiger partial charge in [0.15, 0.2) is 0 Å². The predicted molar refractivity (Wildman–Crippen MR) is 77.7 cm³/mol. The number of benzene rings is 1. The quantitative estimate of drug-likeness (QED) is 0.838. The molecule has 98 valence electrons. The lowest BCUT2D eigenvalue weighted by molar-refractivity contribution is -0.141. The van der Waals surface area contributed by atoms with E-state index in [1.165, 1.54) is 4.90 Å². The fraction of sp³-hybridized carbons (Fsp3) is 0.385. The summed E-state index contributed by atoms with van der Waals surface area (Å²) in [6.45, 7) is 3.77. The summed E-state index contributed by atoms with van der Waals surface area (Å²) in [5, 5.41) is 8.82. The van der Waals surface area contributed by atoms with E-state index in [9.17, 15) is 9.59 Å². The Bertz CT molecular complexity index is 473. The Labute approximate surface area is 120 Å². The average Bonchev–Trinajstić information content (AvgIpc) is 2.31. The molecule has 1 amide bonds. The number of aryl methyl sites for hydroxylation is 1. The normalized spacial score (nSPS) is 12.0. The summed E-state index contributed by atoms with van der Waals surface area (Å²) < 4.78 is 1.03. The maximum atomic E-state index is 12.1. The lowest BCUT2D eigenvalue weighted by atomic mass is 10.1. The molecule has 4 nitrogen and oxygen atoms in total. The van der Waals surface area contributed by atoms with Crippen molar-refractivity contribution >= 4 is 34.5 Å². The van der Waals surface area contributed by atoms with Crippen molar-refractivity contribution < 1.29 is 14.7 Å². The molecule has 0 aliphatic carbocycles. The molecule has 0 spiro atoms. The van der Waals surface area contributed by atoms with Gasteiger partial charge in [0.05, 0.1) is 5.92 Å². The number of rotatable bonds is 4. The van der Waals surface area contributed by atoms with Crippen molar-refractivity contribution in [3.05, 3.63) is 32.9 Å². The van der Waals surface area contributed by atoms with Gasteiger partial charge < -0.3 is 10.0 Å². The van der Waals surface area contributed by atoms with Gasteiger partial charge in [0.1, 0.15) is 0 Å². The smallest absolute Gasteiger partial charge is 0.308 e. The highest BCUT2D eigenvalue weighted by Gasteiger charge is 2.18. The van der Waals surface area contributed by atoms with E-state index in [-0.39, 0.29) is 12.5 Å². The maximum absolute atomic E-state index is 12.1. The first-order valence-electron chi connectivity index (χ1n) is 5.57. The van der Waals surface area contributed by atoms with Crippen LogP contribution in [0.25, 0.3) is 0 Å². The number of aliphatic carboxylic acids is 1. The third-order valence-electron chi connectivity index (χ3n) is 2.73. The molecular weight excluding hydrogens is 345 g/mol. The predicted octanol–water partition coefficient (Wildman–Crippen LogP) is 2.39. The van der Waals surface area contributed by atoms with Gasteiger partial charge >= 0.3 is 5.97 Å². The van der Waals surface area contributed by atoms with Crippen molar-refractivity contribution in [2.24, 2.45) is 5.92 Å². The monoisotopic (exact) mass is 361 g/mol. The van der Waals surface area contributed by atoms with Gasteiger partial charge in [0.2, 0.25) is 0 Å². The van der Waals surface area contributed by atoms with E-state index in [0.717, 1.165) is 9.13 Å². The standard InChI is InChI=1S/C13H16INO3/c1-8-4-5-10(6-11(8)14)12(16)15(3)7-9(2)13(17)18/h4-6,9H,7H2,1-3H3,(H,17,18). The molecule has 1 aromatic rings. The number of carbonyl (C=O) groups is 2. The molecule has 1 rings (SSSR count). The summed E-state index contributed by atoms with van der Waals surface area (Å²) in [5.74, 6) is -1.61. The fourth-order valence-electron chi connectivity index (χ4n) is 1.52. The van der Waals surface area contributed by atoms with Gasteiger partial charge in [-0.1, -0.05) is 13.0 Å². The van der Waals surface area contributed by atoms with E-state index in [0.29, 0.717) is 5.56 Å². The second-order valence-corrected chi connectivity index (χ2v) is 5.55. The highest BCUT2D eigenvalue weighted by Crippen LogP contribution is 2.15. The largest absolute Gasteiger partial charge is 0.481 e. The summed E-state index contributed by atoms with van der Waals surface area (Å²) in [6.07, 6.45) is 0. The molecule has 1 N–H and O–H groups in total. The lowest BCUT2D eigenvalue weighted by Gasteiger charge is -2.19. The molecule has 0 saturated heterocycles. The Kier molecular flexibility index (Phi) is 5.13. The van der Waals surface area contributed by atoms with E-state index >= 15 is 0 Å². The first kappa shape index (κ1) is 14.9. The van der Waals surface area contributed by atoms with Crippen LogP contribution >= 0.6 is 22.6 Å². The number of nitrogens with zero attached hydrogens (tertiary/aromatic N) is 1. The zero-order chi connectivity index (χ0) is 13.9. The van der Waals surface area contributed by atoms with Crippen LogP contribution in [0.2, 0.25) is 0 Å². The van der Waals surface area contributed by atoms with Crippen LogP contribution in [-0.2, 0) is 4.79 Å². The topological polar surface area (TPSA) is 57.6 Å². The number of hydrogen-bond donors (Lipinski definition) is 1. The maximum Gasteiger partial charge on any atom is 0.308 e. The van der Waals surface area contributed by atoms with Crippen LogP contribution in [0.3, 0.4) is 0 Å². The molecule has 0 bridgehead atoms. The number of carbonyl (C=O) groups excluding carboxylic acids is 1. The summed E-state index contributed by atoms with van der Waals surface area (Å²) >= 11 is 2.18. The van der Waals surface area contributed by atoms with Gasteiger partial charge in [-0.2, -0.15) is 0 Å². The van der Waals surface area contributed by atoms with E-state index < -0.39 is 11.9 Å². The molecule has 0 fully saturated rings. The minimum absolute atomic E-state index is 0.152. The third kappa shape index (κ3) is 3.69. The Hall–Kier alpha value is -1.11. The van der Waals surface area contributed by atoms with Gasteiger partial charge in [0.25, 0.3) is 5.91 Å². The second-order valence-electron chi connectivity index (χ2n) is 4.39. The first-order chi connectivity index (χ1) is 8.32. The molecule has 0 saturated carbocycles. The third-order valence-corrected chi connectivity index (χ3v) is 3.90. The molecular formula is C13H16INO3. The zero-order valence-electron chi connectivity index (χ0n) is 10.6. The van der Waals surface area contributed by atoms with Crippen molar-refractivity contribution in [2.75, 3.05) is 13.6 Å². The molecule has 1 unspecified atom stereocenters. The Balaban J connectivity index is 2.80. The first-order valence-corrected chi connectivity index (χ1v) is 6.65. The van der Waals surface area contributed by atoms with Gasteiger partial charge in [-0.3, -0.25) is 9.59 Å². The van der Waals surface area contributed by atoms with Crippen molar-refractivity contribution in [1.29, 1.82) is 0 Å². The minimum atomic E-state index is -0.895. The van der Waals surface area contributed by atoms with Crippen LogP contribution in [0.5, 0.6) is 0 Å². The van der Waals surface area contributed by atoms with Crippen molar-refractivity contribution in [1.82, 2.24) is 4.90 Å². The molecule has 5 heteroatoms. The number of halogens is 1. The van der Waals surface area contributed by atoms with Crippen LogP contribution in [0.4, 0.5) is 0 Å². The van der Waals surface area contributed by atoms with E-state index in [1.807, 2.05) is 19.1 Å². The van der Waals surface area contributed by atoms with E-state index in [1.54, 1.807) is 20.0 Å². The molecule has 0 radical (unpaired) electrons. The zero-order valence-corrected chi connectivity index (χ0v) is 12.8. The van der Waals surface area contributed by atoms with E-state index in [4.69, 9.17) is 5.11 Å². The fourth-order valence-corrected chi connectivity index (χ4v) is 2.03. The van der Waals surface area contributed by atoms with Crippen LogP contribution < -0.4 is 0 Å². The minimum Gasteiger partial charge on any atom is -0.481 e. The molecule has 0 heterocycles. The lowest BCUT2D eigenvalue weighted by Crippen LogP contribution is -2.33. The Morgan fingerprint density at radius 3 is 2.56 bits per heavy atom. The molecule has 0 aliphatic rings. The van der Waals surface area contributed by atoms with Crippen LogP contribution in [0.1, 0.15) is 22.8 Å². The van der Waals surface area contributed by atoms with Crippen LogP contribution in [0.15, 0.2) is 18.2 Å². The average molecular weight is 361 g/mol. The number of carboxylic acid groups (broad SMARTS) is 1. The highest BCUT2D eigenvalue weighted by molar-refractivity contribution is 14.1. The van der Waals surface area contributed by atoms with Crippen molar-refractivity contribution in [2.45, 2.75) is 13.8 Å². The molecule has 0 aliphatic heterocycles. The van der Waals surface area contributed by atoms with Crippen LogP contribution in [0, 0.1) is 16.4 Å². The Morgan fingerprint density at radius 1 is 1.44 bits per heavy atom. The molecule has 18 heavy (non-hydrogen) atoms. The molecule has 0 aromatic heterocycles. The number of carboxylic acids is 1. The van der Waals surface area contributed by atoms with Crippen LogP contribution in [-0.4, -0.2) is 35.5 Å². The SMILES string of the molecule is Cc1ccc(C(=O)N(C)CC(C)C(=O)O)cc1I. The summed E-state index contributed by atoms with van der Waals surface area (Å²) in [7, 11) is 1.62. The van der Waals surface area contributed by atoms with Gasteiger partial charge in [-0.05, 0) is 47.2 Å². The summed E-state index contributed by atoms with van der Waals surface area (Å²) in [4.78, 5) is 24.3. The van der Waals surface area contributed by atoms with Gasteiger partial charge in [-0.25, -0.2) is 0 Å². The summed E-state index contributed by atoms with van der Waals surface area (Å²) in [6, 6.07) is 5.48. The molecule has 1 aromatic carbocycles. The van der Waals surface area contributed by atoms with Crippen molar-refractivity contribution in [3.63, 3.8) is 0 Å². The number of amides is 1. The van der Waals surface area contributed by atoms with Gasteiger partial charge in [-0.15, -0.1) is 0 Å². The number of hydrogen-bond acceptors (Lipinski definition) is 2. The highest BCUT2D eigenvalue weighted by atomic mass is 127. The summed E-state index contributed by atoms with van der Waals surface area (Å²) in [5.41, 5.74) is 1.71. The Morgan fingerprint density at radius 2 is 2.06 bits per heavy atom. The van der Waals surface area contributed by atoms with Gasteiger partial charge in [0, 0.05) is 22.7 Å².